The molecular formula is C22H29N7O6S. The Kier molecular flexibility index (Phi) is 9.48. The minimum absolute atomic E-state index is 0.100. The predicted molar refractivity (Wildman–Crippen MR) is 132 cm³/mol. The number of aromatic nitrogens is 4. The Morgan fingerprint density at radius 2 is 2.08 bits per heavy atom. The summed E-state index contributed by atoms with van der Waals surface area (Å²) in [6, 6.07) is 0. The number of nitrogens with one attached hydrogen (secondary N) is 1. The van der Waals surface area contributed by atoms with Crippen LogP contribution >= 0.6 is 12.2 Å². The number of aliphatic hydroxyl groups excluding tert-OH is 2. The summed E-state index contributed by atoms with van der Waals surface area (Å²) >= 11 is 5.43. The Bertz CT molecular complexity index is 1170. The molecule has 0 bridgehead atoms. The van der Waals surface area contributed by atoms with Crippen molar-refractivity contribution in [2.45, 2.75) is 38.7 Å². The van der Waals surface area contributed by atoms with Gasteiger partial charge in [0.05, 0.1) is 26.0 Å². The molecule has 0 aromatic carbocycles. The van der Waals surface area contributed by atoms with Crippen LogP contribution in [0.2, 0.25) is 0 Å². The van der Waals surface area contributed by atoms with Gasteiger partial charge in [0.15, 0.2) is 22.6 Å². The van der Waals surface area contributed by atoms with E-state index < -0.39 is 24.7 Å². The first kappa shape index (κ1) is 27.2. The number of carbonyl (C=O) groups is 2. The van der Waals surface area contributed by atoms with Gasteiger partial charge in [0.1, 0.15) is 18.4 Å². The van der Waals surface area contributed by atoms with E-state index in [4.69, 9.17) is 27.4 Å². The number of ether oxygens (including phenoxy) is 2. The summed E-state index contributed by atoms with van der Waals surface area (Å²) in [7, 11) is 1.38. The summed E-state index contributed by atoms with van der Waals surface area (Å²) < 4.78 is 11.8. The van der Waals surface area contributed by atoms with Crippen molar-refractivity contribution < 1.29 is 29.3 Å². The predicted octanol–water partition coefficient (Wildman–Crippen LogP) is -1.20. The maximum Gasteiger partial charge on any atom is 0.308 e. The fourth-order valence-corrected chi connectivity index (χ4v) is 3.92. The number of esters is 1. The van der Waals surface area contributed by atoms with E-state index in [1.165, 1.54) is 18.0 Å². The number of likely N-dealkylation sites (N-methyl/N-ethyl adjacent to an activating group) is 1. The van der Waals surface area contributed by atoms with E-state index >= 15 is 0 Å². The van der Waals surface area contributed by atoms with Crippen LogP contribution in [-0.4, -0.2) is 97.1 Å². The highest BCUT2D eigenvalue weighted by Crippen LogP contribution is 2.19. The molecule has 36 heavy (non-hydrogen) atoms. The number of hydrogen-bond donors (Lipinski definition) is 4. The monoisotopic (exact) mass is 519 g/mol. The van der Waals surface area contributed by atoms with Gasteiger partial charge in [0.25, 0.3) is 5.91 Å². The topological polar surface area (TPSA) is 178 Å². The standard InChI is InChI=1S/C22H29N7O6S/c1-3-24-21(32)18(14(31)10-30)35-12-29-11-25-17-19(23)26-15(27-20(17)29)4-5-16(36)28-8-6-13(7-9-28)22(33)34-2/h11,13-14,18,30-31H,3,6-10,12H2,1-2H3,(H,24,32)(H2,23,26,27)/t14?,18-/m0/s1. The highest BCUT2D eigenvalue weighted by atomic mass is 32.1. The zero-order valence-electron chi connectivity index (χ0n) is 20.0. The molecule has 1 aliphatic rings. The Morgan fingerprint density at radius 1 is 1.36 bits per heavy atom. The molecule has 0 spiro atoms. The lowest BCUT2D eigenvalue weighted by atomic mass is 9.97. The largest absolute Gasteiger partial charge is 0.469 e. The fourth-order valence-electron chi connectivity index (χ4n) is 3.68. The first-order valence-electron chi connectivity index (χ1n) is 11.3. The molecule has 2 aromatic rings. The maximum absolute atomic E-state index is 12.2. The van der Waals surface area contributed by atoms with Crippen LogP contribution in [0.15, 0.2) is 6.33 Å². The number of methoxy groups -OCH3 is 1. The van der Waals surface area contributed by atoms with Crippen molar-refractivity contribution in [3.63, 3.8) is 0 Å². The molecule has 2 atom stereocenters. The van der Waals surface area contributed by atoms with Crippen molar-refractivity contribution in [1.82, 2.24) is 29.7 Å². The Labute approximate surface area is 213 Å². The van der Waals surface area contributed by atoms with Crippen LogP contribution in [0.1, 0.15) is 25.6 Å². The number of anilines is 1. The molecule has 1 amide bonds. The Hall–Kier alpha value is -3.38. The summed E-state index contributed by atoms with van der Waals surface area (Å²) in [5.41, 5.74) is 6.65. The maximum atomic E-state index is 12.2. The molecule has 3 heterocycles. The molecule has 0 radical (unpaired) electrons. The Balaban J connectivity index is 1.73. The number of nitrogens with zero attached hydrogens (tertiary/aromatic N) is 5. The van der Waals surface area contributed by atoms with Gasteiger partial charge in [0, 0.05) is 19.6 Å². The zero-order chi connectivity index (χ0) is 26.2. The molecule has 2 aromatic heterocycles. The van der Waals surface area contributed by atoms with E-state index in [-0.39, 0.29) is 30.3 Å². The van der Waals surface area contributed by atoms with Gasteiger partial charge in [0.2, 0.25) is 5.82 Å². The second-order valence-corrected chi connectivity index (χ2v) is 8.41. The number of nitrogens with two attached hydrogens (primary N) is 1. The number of imidazole rings is 1. The van der Waals surface area contributed by atoms with Crippen LogP contribution in [-0.2, 0) is 25.8 Å². The average Bonchev–Trinajstić information content (AvgIpc) is 3.30. The number of aliphatic hydroxyl groups is 2. The van der Waals surface area contributed by atoms with Crippen LogP contribution in [0.5, 0.6) is 0 Å². The minimum atomic E-state index is -1.41. The zero-order valence-corrected chi connectivity index (χ0v) is 20.8. The highest BCUT2D eigenvalue weighted by Gasteiger charge is 2.28. The molecule has 0 saturated carbocycles. The summed E-state index contributed by atoms with van der Waals surface area (Å²) in [6.45, 7) is 2.38. The number of piperidine rings is 1. The van der Waals surface area contributed by atoms with E-state index in [1.54, 1.807) is 6.92 Å². The third-order valence-electron chi connectivity index (χ3n) is 5.63. The molecule has 1 unspecified atom stereocenters. The van der Waals surface area contributed by atoms with Gasteiger partial charge in [-0.3, -0.25) is 14.2 Å². The highest BCUT2D eigenvalue weighted by molar-refractivity contribution is 7.80. The Morgan fingerprint density at radius 3 is 2.72 bits per heavy atom. The number of amides is 1. The van der Waals surface area contributed by atoms with Crippen molar-refractivity contribution >= 4 is 46.1 Å². The fraction of sp³-hybridized carbons (Fsp3) is 0.545. The number of fused-ring (bicyclic) bond motifs is 1. The second kappa shape index (κ2) is 12.5. The van der Waals surface area contributed by atoms with Crippen molar-refractivity contribution in [2.75, 3.05) is 39.1 Å². The van der Waals surface area contributed by atoms with Crippen LogP contribution in [0.3, 0.4) is 0 Å². The lowest BCUT2D eigenvalue weighted by Crippen LogP contribution is -2.45. The van der Waals surface area contributed by atoms with Gasteiger partial charge in [-0.05, 0) is 31.6 Å². The van der Waals surface area contributed by atoms with E-state index in [0.717, 1.165) is 0 Å². The number of likely N-dealkylation sites (tertiary alicyclic amines) is 1. The first-order chi connectivity index (χ1) is 17.3. The van der Waals surface area contributed by atoms with Gasteiger partial charge in [-0.1, -0.05) is 12.2 Å². The summed E-state index contributed by atoms with van der Waals surface area (Å²) in [5.74, 6) is 4.99. The van der Waals surface area contributed by atoms with Crippen LogP contribution in [0, 0.1) is 17.8 Å². The SMILES string of the molecule is CCNC(=O)[C@@H](OCn1cnc2c(N)nc(C#CC(=S)N3CCC(C(=O)OC)CC3)nc21)C(O)CO. The molecule has 13 nitrogen and oxygen atoms in total. The molecule has 14 heteroatoms. The molecule has 5 N–H and O–H groups in total. The van der Waals surface area contributed by atoms with Gasteiger partial charge in [-0.25, -0.2) is 15.0 Å². The molecule has 194 valence electrons. The molecule has 1 saturated heterocycles. The molecule has 3 rings (SSSR count). The molecule has 1 fully saturated rings. The van der Waals surface area contributed by atoms with Gasteiger partial charge in [-0.15, -0.1) is 0 Å². The molecule has 1 aliphatic heterocycles. The summed E-state index contributed by atoms with van der Waals surface area (Å²) in [4.78, 5) is 38.9. The third kappa shape index (κ3) is 6.43. The van der Waals surface area contributed by atoms with Crippen molar-refractivity contribution in [1.29, 1.82) is 0 Å². The van der Waals surface area contributed by atoms with Crippen molar-refractivity contribution in [3.8, 4) is 11.8 Å². The number of hydrogen-bond acceptors (Lipinski definition) is 11. The second-order valence-electron chi connectivity index (χ2n) is 8.02. The summed E-state index contributed by atoms with van der Waals surface area (Å²) in [5, 5.41) is 21.8. The number of nitrogen functional groups attached to an aromatic ring is 1. The van der Waals surface area contributed by atoms with Crippen molar-refractivity contribution in [2.24, 2.45) is 5.92 Å². The first-order valence-corrected chi connectivity index (χ1v) is 11.7. The van der Waals surface area contributed by atoms with Gasteiger partial charge in [-0.2, -0.15) is 0 Å². The van der Waals surface area contributed by atoms with Crippen LogP contribution < -0.4 is 11.1 Å². The van der Waals surface area contributed by atoms with E-state index in [1.807, 2.05) is 4.90 Å². The lowest BCUT2D eigenvalue weighted by Gasteiger charge is -2.30. The average molecular weight is 520 g/mol. The number of carbonyl (C=O) groups excluding carboxylic acids is 2. The van der Waals surface area contributed by atoms with Crippen LogP contribution in [0.25, 0.3) is 11.2 Å². The number of rotatable bonds is 8. The lowest BCUT2D eigenvalue weighted by molar-refractivity contribution is -0.147. The van der Waals surface area contributed by atoms with Gasteiger partial charge >= 0.3 is 5.97 Å². The molecule has 0 aliphatic carbocycles. The van der Waals surface area contributed by atoms with Crippen molar-refractivity contribution in [3.05, 3.63) is 12.2 Å². The van der Waals surface area contributed by atoms with E-state index in [2.05, 4.69) is 32.1 Å². The third-order valence-corrected chi connectivity index (χ3v) is 5.99. The minimum Gasteiger partial charge on any atom is -0.469 e. The summed E-state index contributed by atoms with van der Waals surface area (Å²) in [6.07, 6.45) is -0.0440. The number of thiocarbonyl (C=S) groups is 1. The smallest absolute Gasteiger partial charge is 0.308 e. The van der Waals surface area contributed by atoms with Crippen LogP contribution in [0.4, 0.5) is 5.82 Å². The van der Waals surface area contributed by atoms with Gasteiger partial charge < -0.3 is 35.6 Å². The van der Waals surface area contributed by atoms with E-state index in [0.29, 0.717) is 48.6 Å². The molecular weight excluding hydrogens is 490 g/mol. The van der Waals surface area contributed by atoms with E-state index in [9.17, 15) is 19.8 Å². The normalized spacial score (nSPS) is 15.6. The quantitative estimate of drug-likeness (QED) is 0.186.